The maximum Gasteiger partial charge on any atom is 0.335 e. The molecule has 0 aliphatic carbocycles. The lowest BCUT2D eigenvalue weighted by Gasteiger charge is -2.38. The Balaban J connectivity index is 1.37. The number of fused-ring (bicyclic) bond motifs is 13. The van der Waals surface area contributed by atoms with Gasteiger partial charge >= 0.3 is 11.9 Å². The normalized spacial score (nSPS) is 23.9. The standard InChI is InChI=1S/C34H42N6O14S/c1-36-17-20-3-2-4-22-29(20)52-16-15-51-14-13-50-12-11-40(10-9-24(41)53-34-28(44)26(42)27(43)30(54-34)33(46)47)55(48,49)21-7-5-19(6-8-21)23-18-37-31(35)25(38-23)32(45)39-22/h2-8,18,26-28,30,34,36,42-44H,9-17H2,1H3,(H2,35,37)(H,39,45)(H,46,47). The molecule has 3 aliphatic rings. The molecule has 55 heavy (non-hydrogen) atoms. The Hall–Kier alpha value is -4.84. The first-order valence-electron chi connectivity index (χ1n) is 17.0. The summed E-state index contributed by atoms with van der Waals surface area (Å²) in [6.45, 7) is 0.127. The molecule has 298 valence electrons. The number of amides is 1. The van der Waals surface area contributed by atoms with Crippen LogP contribution in [0.5, 0.6) is 5.75 Å². The van der Waals surface area contributed by atoms with Gasteiger partial charge in [-0.15, -0.1) is 0 Å². The average molecular weight is 791 g/mol. The Bertz CT molecular complexity index is 1940. The first kappa shape index (κ1) is 41.3. The Morgan fingerprint density at radius 3 is 2.44 bits per heavy atom. The maximum atomic E-state index is 13.9. The number of nitrogens with zero attached hydrogens (tertiary/aromatic N) is 3. The van der Waals surface area contributed by atoms with Crippen molar-refractivity contribution in [2.24, 2.45) is 0 Å². The van der Waals surface area contributed by atoms with E-state index >= 15 is 0 Å². The van der Waals surface area contributed by atoms with Gasteiger partial charge in [-0.25, -0.2) is 23.2 Å². The molecular weight excluding hydrogens is 748 g/mol. The second kappa shape index (κ2) is 18.7. The Kier molecular flexibility index (Phi) is 14.0. The molecule has 1 fully saturated rings. The minimum atomic E-state index is -4.30. The van der Waals surface area contributed by atoms with Crippen molar-refractivity contribution in [1.82, 2.24) is 19.6 Å². The van der Waals surface area contributed by atoms with E-state index in [4.69, 9.17) is 29.4 Å². The maximum absolute atomic E-state index is 13.9. The summed E-state index contributed by atoms with van der Waals surface area (Å²) in [5.41, 5.74) is 7.62. The van der Waals surface area contributed by atoms with Crippen LogP contribution >= 0.6 is 0 Å². The number of carbonyl (C=O) groups excluding carboxylic acids is 2. The van der Waals surface area contributed by atoms with E-state index in [1.165, 1.54) is 30.5 Å². The molecule has 4 heterocycles. The zero-order valence-corrected chi connectivity index (χ0v) is 30.4. The number of aliphatic carboxylic acids is 1. The number of nitrogen functional groups attached to an aromatic ring is 1. The van der Waals surface area contributed by atoms with Gasteiger partial charge in [0.15, 0.2) is 17.6 Å². The largest absolute Gasteiger partial charge is 0.489 e. The summed E-state index contributed by atoms with van der Waals surface area (Å²) in [6, 6.07) is 10.8. The van der Waals surface area contributed by atoms with Crippen LogP contribution in [0.4, 0.5) is 11.5 Å². The molecule has 0 saturated carbocycles. The SMILES string of the molecule is CNCc1cccc2c1OCCOCCOCCN(CCC(=O)OC1OC(C(=O)O)C(O)C(O)C1O)S(=O)(=O)c1ccc(cc1)-c1cnc(N)c(n1)C(=O)N2. The highest BCUT2D eigenvalue weighted by Gasteiger charge is 2.48. The number of sulfonamides is 1. The molecule has 3 aromatic rings. The summed E-state index contributed by atoms with van der Waals surface area (Å²) in [5, 5.41) is 45.3. The fourth-order valence-electron chi connectivity index (χ4n) is 5.61. The monoisotopic (exact) mass is 790 g/mol. The molecule has 1 aromatic heterocycles. The number of carbonyl (C=O) groups is 3. The van der Waals surface area contributed by atoms with Gasteiger partial charge in [0.1, 0.15) is 30.7 Å². The van der Waals surface area contributed by atoms with Gasteiger partial charge < -0.3 is 60.5 Å². The predicted molar refractivity (Wildman–Crippen MR) is 190 cm³/mol. The third-order valence-electron chi connectivity index (χ3n) is 8.47. The van der Waals surface area contributed by atoms with Crippen LogP contribution in [0.2, 0.25) is 0 Å². The number of aromatic nitrogens is 2. The lowest BCUT2D eigenvalue weighted by molar-refractivity contribution is -0.286. The number of nitrogens with two attached hydrogens (primary N) is 1. The number of rotatable bonds is 7. The van der Waals surface area contributed by atoms with E-state index in [0.717, 1.165) is 9.87 Å². The molecular formula is C34H42N6O14S. The van der Waals surface area contributed by atoms with Crippen molar-refractivity contribution >= 4 is 39.4 Å². The van der Waals surface area contributed by atoms with Crippen LogP contribution in [0.3, 0.4) is 0 Å². The van der Waals surface area contributed by atoms with Crippen LogP contribution in [0.15, 0.2) is 53.6 Å². The van der Waals surface area contributed by atoms with Crippen molar-refractivity contribution in [3.8, 4) is 17.0 Å². The smallest absolute Gasteiger partial charge is 0.335 e. The highest BCUT2D eigenvalue weighted by Crippen LogP contribution is 2.31. The Morgan fingerprint density at radius 2 is 1.73 bits per heavy atom. The van der Waals surface area contributed by atoms with E-state index < -0.39 is 71.5 Å². The zero-order chi connectivity index (χ0) is 39.7. The van der Waals surface area contributed by atoms with E-state index in [2.05, 4.69) is 20.6 Å². The van der Waals surface area contributed by atoms with Crippen LogP contribution in [0.25, 0.3) is 11.3 Å². The van der Waals surface area contributed by atoms with E-state index in [1.807, 2.05) is 6.07 Å². The van der Waals surface area contributed by atoms with Gasteiger partial charge in [-0.2, -0.15) is 4.31 Å². The molecule has 8 N–H and O–H groups in total. The molecule has 3 aliphatic heterocycles. The fourth-order valence-corrected chi connectivity index (χ4v) is 7.04. The number of hydrogen-bond donors (Lipinski definition) is 7. The van der Waals surface area contributed by atoms with Gasteiger partial charge in [-0.1, -0.05) is 24.3 Å². The van der Waals surface area contributed by atoms with Crippen LogP contribution in [-0.4, -0.2) is 145 Å². The second-order valence-electron chi connectivity index (χ2n) is 12.2. The summed E-state index contributed by atoms with van der Waals surface area (Å²) in [5.74, 6) is -3.16. The second-order valence-corrected chi connectivity index (χ2v) is 14.2. The summed E-state index contributed by atoms with van der Waals surface area (Å²) < 4.78 is 56.0. The van der Waals surface area contributed by atoms with Gasteiger partial charge in [-0.3, -0.25) is 9.59 Å². The molecule has 21 heteroatoms. The van der Waals surface area contributed by atoms with E-state index in [9.17, 15) is 43.2 Å². The van der Waals surface area contributed by atoms with E-state index in [-0.39, 0.29) is 61.7 Å². The van der Waals surface area contributed by atoms with Crippen LogP contribution in [0.1, 0.15) is 22.5 Å². The molecule has 6 rings (SSSR count). The number of hydrogen-bond acceptors (Lipinski definition) is 17. The lowest BCUT2D eigenvalue weighted by atomic mass is 9.99. The number of aliphatic hydroxyl groups excluding tert-OH is 3. The minimum Gasteiger partial charge on any atom is -0.489 e. The number of para-hydroxylation sites is 1. The number of esters is 1. The van der Waals surface area contributed by atoms with Gasteiger partial charge in [0.05, 0.1) is 55.3 Å². The predicted octanol–water partition coefficient (Wildman–Crippen LogP) is -1.06. The molecule has 20 nitrogen and oxygen atoms in total. The Morgan fingerprint density at radius 1 is 1.02 bits per heavy atom. The van der Waals surface area contributed by atoms with Crippen LogP contribution in [-0.2, 0) is 45.1 Å². The number of ether oxygens (including phenoxy) is 5. The van der Waals surface area contributed by atoms with Gasteiger partial charge in [-0.05, 0) is 25.2 Å². The summed E-state index contributed by atoms with van der Waals surface area (Å²) in [7, 11) is -2.53. The van der Waals surface area contributed by atoms with Crippen molar-refractivity contribution in [1.29, 1.82) is 0 Å². The van der Waals surface area contributed by atoms with Crippen molar-refractivity contribution in [2.45, 2.75) is 48.6 Å². The highest BCUT2D eigenvalue weighted by atomic mass is 32.2. The van der Waals surface area contributed by atoms with Crippen molar-refractivity contribution in [3.05, 3.63) is 59.9 Å². The van der Waals surface area contributed by atoms with Crippen molar-refractivity contribution < 1.29 is 66.9 Å². The van der Waals surface area contributed by atoms with E-state index in [0.29, 0.717) is 23.5 Å². The van der Waals surface area contributed by atoms with Gasteiger partial charge in [0, 0.05) is 30.8 Å². The zero-order valence-electron chi connectivity index (χ0n) is 29.6. The number of carboxylic acids is 1. The number of anilines is 2. The molecule has 5 atom stereocenters. The quantitative estimate of drug-likeness (QED) is 0.111. The molecule has 0 radical (unpaired) electrons. The first-order chi connectivity index (χ1) is 26.3. The lowest BCUT2D eigenvalue weighted by Crippen LogP contribution is -2.60. The first-order valence-corrected chi connectivity index (χ1v) is 18.5. The molecule has 1 amide bonds. The van der Waals surface area contributed by atoms with E-state index in [1.54, 1.807) is 19.2 Å². The number of aliphatic hydroxyl groups is 3. The summed E-state index contributed by atoms with van der Waals surface area (Å²) >= 11 is 0. The van der Waals surface area contributed by atoms with Gasteiger partial charge in [0.25, 0.3) is 5.91 Å². The minimum absolute atomic E-state index is 0.0816. The third kappa shape index (κ3) is 10.1. The average Bonchev–Trinajstić information content (AvgIpc) is 3.16. The summed E-state index contributed by atoms with van der Waals surface area (Å²) in [4.78, 5) is 46.1. The molecule has 4 bridgehead atoms. The third-order valence-corrected chi connectivity index (χ3v) is 10.4. The molecule has 2 aromatic carbocycles. The van der Waals surface area contributed by atoms with Crippen LogP contribution in [0, 0.1) is 0 Å². The highest BCUT2D eigenvalue weighted by molar-refractivity contribution is 7.89. The topological polar surface area (TPSA) is 292 Å². The number of carboxylic acid groups (broad SMARTS) is 1. The van der Waals surface area contributed by atoms with Crippen LogP contribution < -0.4 is 21.1 Å². The number of benzene rings is 2. The molecule has 0 spiro atoms. The van der Waals surface area contributed by atoms with Crippen molar-refractivity contribution in [2.75, 3.05) is 64.2 Å². The number of nitrogens with one attached hydrogen (secondary N) is 2. The van der Waals surface area contributed by atoms with Gasteiger partial charge in [0.2, 0.25) is 16.3 Å². The summed E-state index contributed by atoms with van der Waals surface area (Å²) in [6.07, 6.45) is -9.21. The fraction of sp³-hybridized carbons (Fsp3) is 0.441. The Labute approximate surface area is 315 Å². The van der Waals surface area contributed by atoms with Crippen molar-refractivity contribution in [3.63, 3.8) is 0 Å². The molecule has 1 saturated heterocycles. The molecule has 5 unspecified atom stereocenters.